The van der Waals surface area contributed by atoms with Gasteiger partial charge < -0.3 is 15.4 Å². The van der Waals surface area contributed by atoms with Crippen LogP contribution in [-0.2, 0) is 11.2 Å². The number of aryl methyl sites for hydroxylation is 1. The van der Waals surface area contributed by atoms with Crippen molar-refractivity contribution in [2.45, 2.75) is 31.7 Å². The van der Waals surface area contributed by atoms with Crippen LogP contribution in [0.15, 0.2) is 18.2 Å². The number of benzene rings is 1. The van der Waals surface area contributed by atoms with Crippen molar-refractivity contribution in [2.24, 2.45) is 5.73 Å². The average Bonchev–Trinajstić information content (AvgIpc) is 2.55. The van der Waals surface area contributed by atoms with Gasteiger partial charge in [-0.25, -0.2) is 0 Å². The number of piperidine rings is 1. The van der Waals surface area contributed by atoms with Crippen LogP contribution in [0.3, 0.4) is 0 Å². The molecule has 0 aliphatic carbocycles. The standard InChI is InChI=1S/C17H25N3O2/c1-22-15-4-5-16-13(11-15)3-2-8-20(16)17(21)12-19-9-6-14(18)7-10-19/h4-5,11,14H,2-3,6-10,12,18H2,1H3. The Kier molecular flexibility index (Phi) is 4.64. The van der Waals surface area contributed by atoms with Gasteiger partial charge in [0.2, 0.25) is 5.91 Å². The molecule has 0 bridgehead atoms. The first-order valence-electron chi connectivity index (χ1n) is 8.12. The minimum Gasteiger partial charge on any atom is -0.497 e. The lowest BCUT2D eigenvalue weighted by atomic mass is 10.0. The van der Waals surface area contributed by atoms with Crippen molar-refractivity contribution in [1.29, 1.82) is 0 Å². The number of ether oxygens (including phenoxy) is 1. The second kappa shape index (κ2) is 6.67. The van der Waals surface area contributed by atoms with Crippen LogP contribution in [0, 0.1) is 0 Å². The second-order valence-electron chi connectivity index (χ2n) is 6.26. The molecule has 2 heterocycles. The van der Waals surface area contributed by atoms with E-state index in [-0.39, 0.29) is 5.91 Å². The molecular weight excluding hydrogens is 278 g/mol. The monoisotopic (exact) mass is 303 g/mol. The van der Waals surface area contributed by atoms with E-state index in [1.54, 1.807) is 7.11 Å². The highest BCUT2D eigenvalue weighted by atomic mass is 16.5. The maximum Gasteiger partial charge on any atom is 0.241 e. The fourth-order valence-electron chi connectivity index (χ4n) is 3.35. The molecule has 1 aromatic rings. The summed E-state index contributed by atoms with van der Waals surface area (Å²) in [5, 5.41) is 0. The zero-order valence-electron chi connectivity index (χ0n) is 13.3. The van der Waals surface area contributed by atoms with Crippen LogP contribution in [0.1, 0.15) is 24.8 Å². The number of anilines is 1. The van der Waals surface area contributed by atoms with Gasteiger partial charge in [0.25, 0.3) is 0 Å². The van der Waals surface area contributed by atoms with Crippen molar-refractivity contribution >= 4 is 11.6 Å². The molecule has 5 heteroatoms. The van der Waals surface area contributed by atoms with E-state index in [4.69, 9.17) is 10.5 Å². The highest BCUT2D eigenvalue weighted by Crippen LogP contribution is 2.30. The third-order valence-corrected chi connectivity index (χ3v) is 4.70. The summed E-state index contributed by atoms with van der Waals surface area (Å²) in [6, 6.07) is 6.30. The van der Waals surface area contributed by atoms with E-state index >= 15 is 0 Å². The van der Waals surface area contributed by atoms with Crippen LogP contribution in [0.5, 0.6) is 5.75 Å². The topological polar surface area (TPSA) is 58.8 Å². The molecule has 3 rings (SSSR count). The van der Waals surface area contributed by atoms with E-state index in [1.165, 1.54) is 5.56 Å². The Balaban J connectivity index is 1.69. The van der Waals surface area contributed by atoms with Gasteiger partial charge in [-0.3, -0.25) is 9.69 Å². The van der Waals surface area contributed by atoms with E-state index in [2.05, 4.69) is 11.0 Å². The third kappa shape index (κ3) is 3.25. The van der Waals surface area contributed by atoms with E-state index in [9.17, 15) is 4.79 Å². The first kappa shape index (κ1) is 15.3. The van der Waals surface area contributed by atoms with Gasteiger partial charge in [-0.2, -0.15) is 0 Å². The largest absolute Gasteiger partial charge is 0.497 e. The fourth-order valence-corrected chi connectivity index (χ4v) is 3.35. The molecule has 2 N–H and O–H groups in total. The van der Waals surface area contributed by atoms with Crippen LogP contribution in [0.2, 0.25) is 0 Å². The number of amides is 1. The van der Waals surface area contributed by atoms with E-state index < -0.39 is 0 Å². The van der Waals surface area contributed by atoms with Crippen LogP contribution in [-0.4, -0.2) is 50.1 Å². The first-order valence-corrected chi connectivity index (χ1v) is 8.12. The maximum atomic E-state index is 12.7. The molecule has 0 atom stereocenters. The molecule has 0 saturated carbocycles. The van der Waals surface area contributed by atoms with Crippen molar-refractivity contribution in [1.82, 2.24) is 4.90 Å². The Morgan fingerprint density at radius 3 is 2.82 bits per heavy atom. The van der Waals surface area contributed by atoms with E-state index in [0.29, 0.717) is 12.6 Å². The highest BCUT2D eigenvalue weighted by Gasteiger charge is 2.25. The minimum absolute atomic E-state index is 0.196. The smallest absolute Gasteiger partial charge is 0.241 e. The van der Waals surface area contributed by atoms with Gasteiger partial charge in [0, 0.05) is 31.4 Å². The van der Waals surface area contributed by atoms with Crippen LogP contribution in [0.25, 0.3) is 0 Å². The number of carbonyl (C=O) groups is 1. The lowest BCUT2D eigenvalue weighted by Gasteiger charge is -2.34. The van der Waals surface area contributed by atoms with E-state index in [1.807, 2.05) is 17.0 Å². The van der Waals surface area contributed by atoms with Gasteiger partial charge in [0.15, 0.2) is 0 Å². The molecule has 1 amide bonds. The van der Waals surface area contributed by atoms with Gasteiger partial charge in [-0.1, -0.05) is 0 Å². The van der Waals surface area contributed by atoms with Crippen molar-refractivity contribution in [3.63, 3.8) is 0 Å². The molecule has 120 valence electrons. The Morgan fingerprint density at radius 2 is 2.09 bits per heavy atom. The molecule has 0 radical (unpaired) electrons. The summed E-state index contributed by atoms with van der Waals surface area (Å²) in [6.07, 6.45) is 3.99. The number of carbonyl (C=O) groups excluding carboxylic acids is 1. The molecule has 0 aromatic heterocycles. The minimum atomic E-state index is 0.196. The van der Waals surface area contributed by atoms with E-state index in [0.717, 1.165) is 56.8 Å². The number of hydrogen-bond acceptors (Lipinski definition) is 4. The van der Waals surface area contributed by atoms with Crippen molar-refractivity contribution in [2.75, 3.05) is 38.2 Å². The number of rotatable bonds is 3. The number of hydrogen-bond donors (Lipinski definition) is 1. The Labute approximate surface area is 132 Å². The summed E-state index contributed by atoms with van der Waals surface area (Å²) in [7, 11) is 1.68. The van der Waals surface area contributed by atoms with Gasteiger partial charge in [0.05, 0.1) is 13.7 Å². The molecule has 5 nitrogen and oxygen atoms in total. The molecule has 0 unspecified atom stereocenters. The zero-order valence-corrected chi connectivity index (χ0v) is 13.3. The van der Waals surface area contributed by atoms with Gasteiger partial charge in [0.1, 0.15) is 5.75 Å². The SMILES string of the molecule is COc1ccc2c(c1)CCCN2C(=O)CN1CCC(N)CC1. The van der Waals surface area contributed by atoms with Crippen LogP contribution < -0.4 is 15.4 Å². The molecule has 1 aromatic carbocycles. The summed E-state index contributed by atoms with van der Waals surface area (Å²) < 4.78 is 5.28. The van der Waals surface area contributed by atoms with Crippen molar-refractivity contribution in [3.05, 3.63) is 23.8 Å². The Hall–Kier alpha value is -1.59. The molecule has 1 fully saturated rings. The van der Waals surface area contributed by atoms with Crippen molar-refractivity contribution in [3.8, 4) is 5.75 Å². The number of methoxy groups -OCH3 is 1. The summed E-state index contributed by atoms with van der Waals surface area (Å²) >= 11 is 0. The lowest BCUT2D eigenvalue weighted by molar-refractivity contribution is -0.120. The summed E-state index contributed by atoms with van der Waals surface area (Å²) in [5.74, 6) is 1.06. The molecule has 2 aliphatic rings. The molecule has 2 aliphatic heterocycles. The summed E-state index contributed by atoms with van der Waals surface area (Å²) in [6.45, 7) is 3.16. The first-order chi connectivity index (χ1) is 10.7. The predicted molar refractivity (Wildman–Crippen MR) is 87.3 cm³/mol. The van der Waals surface area contributed by atoms with Gasteiger partial charge >= 0.3 is 0 Å². The molecule has 22 heavy (non-hydrogen) atoms. The normalized spacial score (nSPS) is 19.8. The molecule has 0 spiro atoms. The molecule has 1 saturated heterocycles. The predicted octanol–water partition coefficient (Wildman–Crippen LogP) is 1.40. The summed E-state index contributed by atoms with van der Waals surface area (Å²) in [4.78, 5) is 16.8. The highest BCUT2D eigenvalue weighted by molar-refractivity contribution is 5.96. The number of nitrogens with two attached hydrogens (primary N) is 1. The Bertz CT molecular complexity index is 539. The lowest BCUT2D eigenvalue weighted by Crippen LogP contribution is -2.47. The average molecular weight is 303 g/mol. The molecular formula is C17H25N3O2. The van der Waals surface area contributed by atoms with Crippen LogP contribution in [0.4, 0.5) is 5.69 Å². The number of nitrogens with zero attached hydrogens (tertiary/aromatic N) is 2. The van der Waals surface area contributed by atoms with Crippen LogP contribution >= 0.6 is 0 Å². The zero-order chi connectivity index (χ0) is 15.5. The van der Waals surface area contributed by atoms with Crippen molar-refractivity contribution < 1.29 is 9.53 Å². The maximum absolute atomic E-state index is 12.7. The van der Waals surface area contributed by atoms with Gasteiger partial charge in [-0.15, -0.1) is 0 Å². The third-order valence-electron chi connectivity index (χ3n) is 4.70. The Morgan fingerprint density at radius 1 is 1.32 bits per heavy atom. The summed E-state index contributed by atoms with van der Waals surface area (Å²) in [5.41, 5.74) is 8.18. The number of likely N-dealkylation sites (tertiary alicyclic amines) is 1. The van der Waals surface area contributed by atoms with Gasteiger partial charge in [-0.05, 0) is 49.4 Å². The second-order valence-corrected chi connectivity index (χ2v) is 6.26. The quantitative estimate of drug-likeness (QED) is 0.917. The fraction of sp³-hybridized carbons (Fsp3) is 0.588. The number of fused-ring (bicyclic) bond motifs is 1.